The van der Waals surface area contributed by atoms with Crippen LogP contribution in [0.1, 0.15) is 6.42 Å². The molecule has 2 aliphatic rings. The molecule has 1 fully saturated rings. The third kappa shape index (κ3) is 2.15. The largest absolute Gasteiger partial charge is 0.480 e. The van der Waals surface area contributed by atoms with Crippen molar-refractivity contribution < 1.29 is 14.7 Å². The summed E-state index contributed by atoms with van der Waals surface area (Å²) in [5.41, 5.74) is 1.92. The van der Waals surface area contributed by atoms with Crippen LogP contribution in [-0.2, 0) is 9.59 Å². The number of aromatic nitrogens is 2. The second-order valence-electron chi connectivity index (χ2n) is 5.48. The number of carbonyl (C=O) groups excluding carboxylic acids is 1. The minimum absolute atomic E-state index is 0.0979. The standard InChI is InChI=1S/C15H12BrN5O3/c16-12-9(2-1-8-13(12)18-4-3-17-8)21-10(14(23)24)7-11(22)20-6-5-19-15(20)21/h1-4,10H,5-7H2,(H,23,24). The average Bonchev–Trinajstić information content (AvgIpc) is 3.06. The lowest BCUT2D eigenvalue weighted by Gasteiger charge is -2.39. The summed E-state index contributed by atoms with van der Waals surface area (Å²) in [5.74, 6) is -0.905. The molecule has 122 valence electrons. The monoisotopic (exact) mass is 389 g/mol. The van der Waals surface area contributed by atoms with Crippen LogP contribution in [0, 0.1) is 0 Å². The molecule has 0 aliphatic carbocycles. The number of carboxylic acid groups (broad SMARTS) is 1. The molecule has 1 aromatic carbocycles. The number of aliphatic carboxylic acids is 1. The molecule has 1 aromatic heterocycles. The van der Waals surface area contributed by atoms with Crippen molar-refractivity contribution in [3.8, 4) is 0 Å². The van der Waals surface area contributed by atoms with Crippen LogP contribution in [-0.4, -0.2) is 56.9 Å². The van der Waals surface area contributed by atoms with Gasteiger partial charge in [0, 0.05) is 18.9 Å². The smallest absolute Gasteiger partial charge is 0.327 e. The van der Waals surface area contributed by atoms with Gasteiger partial charge in [0.1, 0.15) is 11.6 Å². The van der Waals surface area contributed by atoms with Gasteiger partial charge in [-0.1, -0.05) is 0 Å². The zero-order valence-corrected chi connectivity index (χ0v) is 14.0. The van der Waals surface area contributed by atoms with E-state index >= 15 is 0 Å². The number of carbonyl (C=O) groups is 2. The Hall–Kier alpha value is -2.55. The number of hydrogen-bond donors (Lipinski definition) is 1. The van der Waals surface area contributed by atoms with E-state index in [1.165, 1.54) is 4.90 Å². The minimum atomic E-state index is -1.07. The summed E-state index contributed by atoms with van der Waals surface area (Å²) in [6.07, 6.45) is 3.07. The number of aliphatic imine (C=N–C) groups is 1. The van der Waals surface area contributed by atoms with Crippen LogP contribution in [0.3, 0.4) is 0 Å². The Morgan fingerprint density at radius 1 is 1.29 bits per heavy atom. The number of amides is 1. The van der Waals surface area contributed by atoms with Crippen LogP contribution < -0.4 is 4.90 Å². The molecule has 0 bridgehead atoms. The first-order valence-electron chi connectivity index (χ1n) is 7.34. The molecule has 2 aromatic rings. The van der Waals surface area contributed by atoms with Crippen molar-refractivity contribution in [3.63, 3.8) is 0 Å². The maximum atomic E-state index is 12.2. The van der Waals surface area contributed by atoms with Gasteiger partial charge in [-0.25, -0.2) is 4.79 Å². The topological polar surface area (TPSA) is 99.0 Å². The number of hydrogen-bond acceptors (Lipinski definition) is 6. The molecule has 1 saturated heterocycles. The summed E-state index contributed by atoms with van der Waals surface area (Å²) in [6.45, 7) is 0.941. The van der Waals surface area contributed by atoms with Crippen LogP contribution in [0.2, 0.25) is 0 Å². The first-order valence-corrected chi connectivity index (χ1v) is 8.13. The van der Waals surface area contributed by atoms with E-state index < -0.39 is 12.0 Å². The van der Waals surface area contributed by atoms with Crippen molar-refractivity contribution in [2.45, 2.75) is 12.5 Å². The second kappa shape index (κ2) is 5.52. The normalized spacial score (nSPS) is 20.3. The number of rotatable bonds is 2. The molecule has 9 heteroatoms. The van der Waals surface area contributed by atoms with Gasteiger partial charge in [0.05, 0.1) is 28.6 Å². The van der Waals surface area contributed by atoms with E-state index in [-0.39, 0.29) is 12.3 Å². The van der Waals surface area contributed by atoms with Gasteiger partial charge < -0.3 is 5.11 Å². The fourth-order valence-corrected chi connectivity index (χ4v) is 3.66. The van der Waals surface area contributed by atoms with Crippen molar-refractivity contribution in [2.24, 2.45) is 4.99 Å². The minimum Gasteiger partial charge on any atom is -0.480 e. The van der Waals surface area contributed by atoms with E-state index in [0.29, 0.717) is 40.2 Å². The lowest BCUT2D eigenvalue weighted by molar-refractivity contribution is -0.142. The predicted molar refractivity (Wildman–Crippen MR) is 89.8 cm³/mol. The zero-order chi connectivity index (χ0) is 16.8. The number of anilines is 1. The summed E-state index contributed by atoms with van der Waals surface area (Å²) < 4.78 is 0.628. The molecule has 1 amide bonds. The van der Waals surface area contributed by atoms with Crippen LogP contribution in [0.15, 0.2) is 34.0 Å². The highest BCUT2D eigenvalue weighted by molar-refractivity contribution is 9.10. The summed E-state index contributed by atoms with van der Waals surface area (Å²) in [4.78, 5) is 39.9. The van der Waals surface area contributed by atoms with Crippen LogP contribution >= 0.6 is 15.9 Å². The molecule has 3 heterocycles. The van der Waals surface area contributed by atoms with Crippen LogP contribution in [0.4, 0.5) is 5.69 Å². The fraction of sp³-hybridized carbons (Fsp3) is 0.267. The highest BCUT2D eigenvalue weighted by Crippen LogP contribution is 2.36. The number of fused-ring (bicyclic) bond motifs is 2. The van der Waals surface area contributed by atoms with Gasteiger partial charge >= 0.3 is 5.97 Å². The quantitative estimate of drug-likeness (QED) is 0.829. The number of halogens is 1. The second-order valence-corrected chi connectivity index (χ2v) is 6.27. The third-order valence-electron chi connectivity index (χ3n) is 4.12. The molecule has 0 saturated carbocycles. The molecule has 0 radical (unpaired) electrons. The van der Waals surface area contributed by atoms with E-state index in [1.54, 1.807) is 29.4 Å². The van der Waals surface area contributed by atoms with Gasteiger partial charge in [-0.2, -0.15) is 0 Å². The van der Waals surface area contributed by atoms with Gasteiger partial charge in [-0.05, 0) is 28.1 Å². The maximum absolute atomic E-state index is 12.2. The number of guanidine groups is 1. The van der Waals surface area contributed by atoms with Crippen LogP contribution in [0.5, 0.6) is 0 Å². The van der Waals surface area contributed by atoms with Gasteiger partial charge in [0.2, 0.25) is 11.9 Å². The molecule has 1 atom stereocenters. The van der Waals surface area contributed by atoms with Crippen molar-refractivity contribution in [1.29, 1.82) is 0 Å². The van der Waals surface area contributed by atoms with Crippen LogP contribution in [0.25, 0.3) is 11.0 Å². The van der Waals surface area contributed by atoms with Gasteiger partial charge in [0.15, 0.2) is 0 Å². The van der Waals surface area contributed by atoms with Gasteiger partial charge in [0.25, 0.3) is 0 Å². The molecule has 8 nitrogen and oxygen atoms in total. The third-order valence-corrected chi connectivity index (χ3v) is 4.90. The van der Waals surface area contributed by atoms with Crippen molar-refractivity contribution in [2.75, 3.05) is 18.0 Å². The van der Waals surface area contributed by atoms with E-state index in [1.807, 2.05) is 0 Å². The highest BCUT2D eigenvalue weighted by Gasteiger charge is 2.43. The molecular formula is C15H12BrN5O3. The summed E-state index contributed by atoms with van der Waals surface area (Å²) in [6, 6.07) is 2.54. The Bertz CT molecular complexity index is 900. The number of nitrogens with zero attached hydrogens (tertiary/aromatic N) is 5. The molecule has 0 spiro atoms. The SMILES string of the molecule is O=C(O)C1CC(=O)N2CCN=C2N1c1ccc2nccnc2c1Br. The first-order chi connectivity index (χ1) is 11.6. The van der Waals surface area contributed by atoms with Crippen molar-refractivity contribution in [1.82, 2.24) is 14.9 Å². The first kappa shape index (κ1) is 15.0. The van der Waals surface area contributed by atoms with Gasteiger partial charge in [-0.15, -0.1) is 0 Å². The molecule has 1 unspecified atom stereocenters. The Labute approximate surface area is 144 Å². The molecule has 4 rings (SSSR count). The van der Waals surface area contributed by atoms with E-state index in [0.717, 1.165) is 0 Å². The predicted octanol–water partition coefficient (Wildman–Crippen LogP) is 1.25. The maximum Gasteiger partial charge on any atom is 0.327 e. The Kier molecular flexibility index (Phi) is 3.45. The molecular weight excluding hydrogens is 378 g/mol. The molecule has 24 heavy (non-hydrogen) atoms. The average molecular weight is 390 g/mol. The molecule has 1 N–H and O–H groups in total. The lowest BCUT2D eigenvalue weighted by atomic mass is 10.1. The van der Waals surface area contributed by atoms with Gasteiger partial charge in [-0.3, -0.25) is 29.6 Å². The summed E-state index contributed by atoms with van der Waals surface area (Å²) >= 11 is 3.51. The summed E-state index contributed by atoms with van der Waals surface area (Å²) in [5, 5.41) is 9.60. The van der Waals surface area contributed by atoms with Crippen molar-refractivity contribution >= 4 is 50.5 Å². The number of carboxylic acids is 1. The van der Waals surface area contributed by atoms with Crippen molar-refractivity contribution in [3.05, 3.63) is 29.0 Å². The van der Waals surface area contributed by atoms with E-state index in [4.69, 9.17) is 0 Å². The Morgan fingerprint density at radius 2 is 2.08 bits per heavy atom. The fourth-order valence-electron chi connectivity index (χ4n) is 3.04. The summed E-state index contributed by atoms with van der Waals surface area (Å²) in [7, 11) is 0. The Balaban J connectivity index is 1.90. The molecule has 2 aliphatic heterocycles. The zero-order valence-electron chi connectivity index (χ0n) is 12.4. The lowest BCUT2D eigenvalue weighted by Crippen LogP contribution is -2.59. The van der Waals surface area contributed by atoms with E-state index in [9.17, 15) is 14.7 Å². The number of benzene rings is 1. The van der Waals surface area contributed by atoms with E-state index in [2.05, 4.69) is 30.9 Å². The Morgan fingerprint density at radius 3 is 2.88 bits per heavy atom. The highest BCUT2D eigenvalue weighted by atomic mass is 79.9.